The molecule has 2 rings (SSSR count). The predicted molar refractivity (Wildman–Crippen MR) is 88.7 cm³/mol. The number of nitrogens with zero attached hydrogens (tertiary/aromatic N) is 2. The van der Waals surface area contributed by atoms with Gasteiger partial charge in [0, 0.05) is 28.4 Å². The zero-order chi connectivity index (χ0) is 16.2. The lowest BCUT2D eigenvalue weighted by Crippen LogP contribution is -2.13. The van der Waals surface area contributed by atoms with Crippen molar-refractivity contribution >= 4 is 27.5 Å². The first-order chi connectivity index (χ1) is 10.3. The Bertz CT molecular complexity index is 647. The van der Waals surface area contributed by atoms with Crippen LogP contribution in [0.25, 0.3) is 0 Å². The first kappa shape index (κ1) is 16.7. The number of anilines is 1. The molecule has 1 aromatic carbocycles. The van der Waals surface area contributed by atoms with Gasteiger partial charge in [-0.3, -0.25) is 4.79 Å². The van der Waals surface area contributed by atoms with Gasteiger partial charge in [-0.1, -0.05) is 47.9 Å². The number of nitrogens with one attached hydrogen (secondary N) is 1. The molecular formula is C16H20BrN3O2. The van der Waals surface area contributed by atoms with E-state index in [1.54, 1.807) is 0 Å². The highest BCUT2D eigenvalue weighted by molar-refractivity contribution is 9.10. The number of halogens is 1. The van der Waals surface area contributed by atoms with Crippen molar-refractivity contribution in [3.63, 3.8) is 0 Å². The third kappa shape index (κ3) is 4.94. The van der Waals surface area contributed by atoms with Crippen LogP contribution >= 0.6 is 15.9 Å². The molecule has 0 radical (unpaired) electrons. The molecule has 0 fully saturated rings. The smallest absolute Gasteiger partial charge is 0.226 e. The molecule has 0 aliphatic heterocycles. The maximum Gasteiger partial charge on any atom is 0.226 e. The van der Waals surface area contributed by atoms with E-state index in [2.05, 4.69) is 31.4 Å². The van der Waals surface area contributed by atoms with Crippen LogP contribution in [0, 0.1) is 0 Å². The molecule has 0 bridgehead atoms. The Kier molecular flexibility index (Phi) is 5.34. The summed E-state index contributed by atoms with van der Waals surface area (Å²) in [4.78, 5) is 16.2. The van der Waals surface area contributed by atoms with Crippen LogP contribution in [0.1, 0.15) is 45.3 Å². The van der Waals surface area contributed by atoms with Gasteiger partial charge >= 0.3 is 0 Å². The van der Waals surface area contributed by atoms with Crippen LogP contribution in [0.15, 0.2) is 33.3 Å². The summed E-state index contributed by atoms with van der Waals surface area (Å²) in [5.41, 5.74) is 0.659. The quantitative estimate of drug-likeness (QED) is 0.866. The predicted octanol–water partition coefficient (Wildman–Crippen LogP) is 4.09. The minimum Gasteiger partial charge on any atom is -0.339 e. The SMILES string of the molecule is CC(C)(C)c1noc(CCCC(=O)Nc2cccc(Br)c2)n1. The third-order valence-electron chi connectivity index (χ3n) is 3.04. The monoisotopic (exact) mass is 365 g/mol. The van der Waals surface area contributed by atoms with Crippen molar-refractivity contribution in [3.05, 3.63) is 40.5 Å². The van der Waals surface area contributed by atoms with Crippen LogP contribution in [0.2, 0.25) is 0 Å². The third-order valence-corrected chi connectivity index (χ3v) is 3.54. The zero-order valence-corrected chi connectivity index (χ0v) is 14.6. The van der Waals surface area contributed by atoms with Gasteiger partial charge in [-0.05, 0) is 24.6 Å². The molecular weight excluding hydrogens is 346 g/mol. The number of carbonyl (C=O) groups excluding carboxylic acids is 1. The molecule has 0 unspecified atom stereocenters. The van der Waals surface area contributed by atoms with E-state index < -0.39 is 0 Å². The molecule has 22 heavy (non-hydrogen) atoms. The van der Waals surface area contributed by atoms with Crippen molar-refractivity contribution in [1.29, 1.82) is 0 Å². The summed E-state index contributed by atoms with van der Waals surface area (Å²) in [6.07, 6.45) is 1.69. The molecule has 1 aromatic heterocycles. The highest BCUT2D eigenvalue weighted by Gasteiger charge is 2.20. The van der Waals surface area contributed by atoms with Gasteiger partial charge in [-0.15, -0.1) is 0 Å². The zero-order valence-electron chi connectivity index (χ0n) is 13.0. The van der Waals surface area contributed by atoms with Crippen LogP contribution < -0.4 is 5.32 Å². The van der Waals surface area contributed by atoms with E-state index in [-0.39, 0.29) is 11.3 Å². The summed E-state index contributed by atoms with van der Waals surface area (Å²) >= 11 is 3.37. The van der Waals surface area contributed by atoms with Crippen molar-refractivity contribution in [2.75, 3.05) is 5.32 Å². The standard InChI is InChI=1S/C16H20BrN3O2/c1-16(2,3)15-19-14(22-20-15)9-5-8-13(21)18-12-7-4-6-11(17)10-12/h4,6-7,10H,5,8-9H2,1-3H3,(H,18,21). The van der Waals surface area contributed by atoms with Gasteiger partial charge < -0.3 is 9.84 Å². The maximum absolute atomic E-state index is 11.9. The van der Waals surface area contributed by atoms with Crippen LogP contribution in [0.4, 0.5) is 5.69 Å². The second-order valence-electron chi connectivity index (χ2n) is 6.17. The molecule has 0 saturated carbocycles. The van der Waals surface area contributed by atoms with Crippen LogP contribution in [0.5, 0.6) is 0 Å². The Balaban J connectivity index is 1.79. The first-order valence-electron chi connectivity index (χ1n) is 7.23. The van der Waals surface area contributed by atoms with E-state index >= 15 is 0 Å². The van der Waals surface area contributed by atoms with Crippen molar-refractivity contribution in [2.45, 2.75) is 45.4 Å². The van der Waals surface area contributed by atoms with Crippen LogP contribution in [-0.4, -0.2) is 16.0 Å². The summed E-state index contributed by atoms with van der Waals surface area (Å²) in [6.45, 7) is 6.10. The van der Waals surface area contributed by atoms with Crippen molar-refractivity contribution in [1.82, 2.24) is 10.1 Å². The molecule has 6 heteroatoms. The van der Waals surface area contributed by atoms with Gasteiger partial charge in [0.2, 0.25) is 11.8 Å². The van der Waals surface area contributed by atoms with E-state index in [1.807, 2.05) is 45.0 Å². The molecule has 0 aliphatic rings. The second kappa shape index (κ2) is 7.05. The highest BCUT2D eigenvalue weighted by Crippen LogP contribution is 2.19. The van der Waals surface area contributed by atoms with E-state index in [0.717, 1.165) is 10.2 Å². The Morgan fingerprint density at radius 3 is 2.77 bits per heavy atom. The minimum atomic E-state index is -0.125. The van der Waals surface area contributed by atoms with Gasteiger partial charge in [-0.25, -0.2) is 0 Å². The number of aromatic nitrogens is 2. The van der Waals surface area contributed by atoms with Gasteiger partial charge in [0.1, 0.15) is 0 Å². The summed E-state index contributed by atoms with van der Waals surface area (Å²) in [6, 6.07) is 7.52. The molecule has 0 saturated heterocycles. The lowest BCUT2D eigenvalue weighted by molar-refractivity contribution is -0.116. The number of rotatable bonds is 5. The first-order valence-corrected chi connectivity index (χ1v) is 8.02. The van der Waals surface area contributed by atoms with E-state index in [4.69, 9.17) is 4.52 Å². The number of hydrogen-bond donors (Lipinski definition) is 1. The van der Waals surface area contributed by atoms with E-state index in [9.17, 15) is 4.79 Å². The Hall–Kier alpha value is -1.69. The molecule has 2 aromatic rings. The lowest BCUT2D eigenvalue weighted by atomic mass is 9.96. The average Bonchev–Trinajstić information content (AvgIpc) is 2.87. The largest absolute Gasteiger partial charge is 0.339 e. The molecule has 118 valence electrons. The molecule has 0 aliphatic carbocycles. The number of carbonyl (C=O) groups is 1. The summed E-state index contributed by atoms with van der Waals surface area (Å²) in [7, 11) is 0. The highest BCUT2D eigenvalue weighted by atomic mass is 79.9. The van der Waals surface area contributed by atoms with Gasteiger partial charge in [0.15, 0.2) is 5.82 Å². The van der Waals surface area contributed by atoms with Crippen LogP contribution in [-0.2, 0) is 16.6 Å². The van der Waals surface area contributed by atoms with Crippen molar-refractivity contribution in [2.24, 2.45) is 0 Å². The minimum absolute atomic E-state index is 0.0198. The number of benzene rings is 1. The Labute approximate surface area is 138 Å². The topological polar surface area (TPSA) is 68.0 Å². The second-order valence-corrected chi connectivity index (χ2v) is 7.09. The molecule has 0 spiro atoms. The van der Waals surface area contributed by atoms with Gasteiger partial charge in [-0.2, -0.15) is 4.98 Å². The molecule has 5 nitrogen and oxygen atoms in total. The fraction of sp³-hybridized carbons (Fsp3) is 0.438. The molecule has 1 amide bonds. The maximum atomic E-state index is 11.9. The molecule has 0 atom stereocenters. The lowest BCUT2D eigenvalue weighted by Gasteiger charge is -2.10. The summed E-state index contributed by atoms with van der Waals surface area (Å²) in [5, 5.41) is 6.83. The van der Waals surface area contributed by atoms with Crippen LogP contribution in [0.3, 0.4) is 0 Å². The summed E-state index contributed by atoms with van der Waals surface area (Å²) in [5.74, 6) is 1.26. The average molecular weight is 366 g/mol. The fourth-order valence-electron chi connectivity index (χ4n) is 1.85. The van der Waals surface area contributed by atoms with E-state index in [0.29, 0.717) is 31.0 Å². The number of hydrogen-bond acceptors (Lipinski definition) is 4. The van der Waals surface area contributed by atoms with Crippen molar-refractivity contribution in [3.8, 4) is 0 Å². The van der Waals surface area contributed by atoms with Crippen molar-refractivity contribution < 1.29 is 9.32 Å². The molecule has 1 heterocycles. The number of aryl methyl sites for hydroxylation is 1. The van der Waals surface area contributed by atoms with Gasteiger partial charge in [0.05, 0.1) is 0 Å². The van der Waals surface area contributed by atoms with E-state index in [1.165, 1.54) is 0 Å². The normalized spacial score (nSPS) is 11.5. The Morgan fingerprint density at radius 1 is 1.36 bits per heavy atom. The summed E-state index contributed by atoms with van der Waals surface area (Å²) < 4.78 is 6.14. The Morgan fingerprint density at radius 2 is 2.14 bits per heavy atom. The molecule has 1 N–H and O–H groups in total. The fourth-order valence-corrected chi connectivity index (χ4v) is 2.25. The van der Waals surface area contributed by atoms with Gasteiger partial charge in [0.25, 0.3) is 0 Å². The number of amides is 1.